The number of rotatable bonds is 10. The number of esters is 1. The summed E-state index contributed by atoms with van der Waals surface area (Å²) in [5.41, 5.74) is 4.24. The molecule has 1 aliphatic heterocycles. The maximum Gasteiger partial charge on any atom is 0.311 e. The van der Waals surface area contributed by atoms with Gasteiger partial charge in [-0.15, -0.1) is 5.73 Å². The molecule has 0 unspecified atom stereocenters. The Hall–Kier alpha value is -1.35. The molecule has 142 valence electrons. The molecule has 1 N–H and O–H groups in total. The topological polar surface area (TPSA) is 55.8 Å². The fourth-order valence-electron chi connectivity index (χ4n) is 3.11. The predicted octanol–water partition coefficient (Wildman–Crippen LogP) is 4.33. The van der Waals surface area contributed by atoms with Crippen molar-refractivity contribution < 1.29 is 19.4 Å². The third-order valence-electron chi connectivity index (χ3n) is 4.64. The second-order valence-electron chi connectivity index (χ2n) is 7.73. The van der Waals surface area contributed by atoms with Gasteiger partial charge in [-0.2, -0.15) is 0 Å². The second kappa shape index (κ2) is 9.96. The first-order valence-corrected chi connectivity index (χ1v) is 9.23. The molecule has 25 heavy (non-hydrogen) atoms. The summed E-state index contributed by atoms with van der Waals surface area (Å²) in [6.07, 6.45) is 3.70. The fourth-order valence-corrected chi connectivity index (χ4v) is 3.11. The molecule has 1 rings (SSSR count). The highest BCUT2D eigenvalue weighted by Gasteiger charge is 2.37. The Balaban J connectivity index is 2.47. The predicted molar refractivity (Wildman–Crippen MR) is 100 cm³/mol. The number of ether oxygens (including phenoxy) is 2. The number of carbonyl (C=O) groups excluding carboxylic acids is 1. The molecule has 1 heterocycles. The Morgan fingerprint density at radius 3 is 2.80 bits per heavy atom. The number of aliphatic hydroxyl groups is 1. The van der Waals surface area contributed by atoms with E-state index in [0.717, 1.165) is 30.4 Å². The van der Waals surface area contributed by atoms with E-state index in [2.05, 4.69) is 18.9 Å². The molecule has 1 fully saturated rings. The first kappa shape index (κ1) is 21.7. The molecule has 0 aromatic heterocycles. The van der Waals surface area contributed by atoms with Crippen molar-refractivity contribution in [3.8, 4) is 0 Å². The first-order valence-electron chi connectivity index (χ1n) is 9.23. The van der Waals surface area contributed by atoms with Crippen LogP contribution in [0, 0.1) is 5.41 Å². The van der Waals surface area contributed by atoms with E-state index in [0.29, 0.717) is 25.9 Å². The molecule has 0 radical (unpaired) electrons. The Bertz CT molecular complexity index is 514. The van der Waals surface area contributed by atoms with Crippen LogP contribution in [0.4, 0.5) is 0 Å². The van der Waals surface area contributed by atoms with E-state index in [-0.39, 0.29) is 18.2 Å². The van der Waals surface area contributed by atoms with E-state index >= 15 is 0 Å². The quantitative estimate of drug-likeness (QED) is 0.362. The minimum atomic E-state index is -0.569. The number of hydrogen-bond acceptors (Lipinski definition) is 4. The molecule has 3 atom stereocenters. The van der Waals surface area contributed by atoms with Crippen LogP contribution < -0.4 is 0 Å². The van der Waals surface area contributed by atoms with Crippen LogP contribution in [0.3, 0.4) is 0 Å². The van der Waals surface area contributed by atoms with Gasteiger partial charge < -0.3 is 14.6 Å². The maximum atomic E-state index is 12.2. The Morgan fingerprint density at radius 1 is 1.52 bits per heavy atom. The average Bonchev–Trinajstić information content (AvgIpc) is 2.89. The first-order chi connectivity index (χ1) is 11.7. The van der Waals surface area contributed by atoms with Crippen molar-refractivity contribution in [3.63, 3.8) is 0 Å². The lowest BCUT2D eigenvalue weighted by Gasteiger charge is -2.25. The van der Waals surface area contributed by atoms with Crippen LogP contribution in [-0.4, -0.2) is 36.0 Å². The molecule has 0 bridgehead atoms. The van der Waals surface area contributed by atoms with Crippen LogP contribution in [0.1, 0.15) is 66.2 Å². The number of carbonyl (C=O) groups is 1. The molecule has 4 heteroatoms. The van der Waals surface area contributed by atoms with Crippen molar-refractivity contribution >= 4 is 5.97 Å². The van der Waals surface area contributed by atoms with E-state index in [1.807, 2.05) is 27.7 Å². The zero-order valence-electron chi connectivity index (χ0n) is 16.3. The van der Waals surface area contributed by atoms with Crippen LogP contribution in [-0.2, 0) is 14.3 Å². The zero-order chi connectivity index (χ0) is 19.0. The monoisotopic (exact) mass is 350 g/mol. The van der Waals surface area contributed by atoms with E-state index in [1.165, 1.54) is 0 Å². The summed E-state index contributed by atoms with van der Waals surface area (Å²) in [5, 5.41) is 10.1. The van der Waals surface area contributed by atoms with Crippen molar-refractivity contribution in [1.29, 1.82) is 0 Å². The van der Waals surface area contributed by atoms with Crippen LogP contribution in [0.2, 0.25) is 0 Å². The van der Waals surface area contributed by atoms with Gasteiger partial charge in [0.1, 0.15) is 0 Å². The summed E-state index contributed by atoms with van der Waals surface area (Å²) in [6, 6.07) is 0. The van der Waals surface area contributed by atoms with Gasteiger partial charge in [0.2, 0.25) is 0 Å². The Kier molecular flexibility index (Phi) is 8.64. The summed E-state index contributed by atoms with van der Waals surface area (Å²) in [5.74, 6) is -0.172. The van der Waals surface area contributed by atoms with E-state index < -0.39 is 11.5 Å². The second-order valence-corrected chi connectivity index (χ2v) is 7.73. The summed E-state index contributed by atoms with van der Waals surface area (Å²) in [6.45, 7) is 15.9. The van der Waals surface area contributed by atoms with Gasteiger partial charge in [0, 0.05) is 6.42 Å². The standard InChI is InChI=1S/C21H34O4/c1-7-11-24-20(23)21(5,6)14-18-13-16(4)19(25-18)10-9-17(22)12-15(3)8-2/h17-19,22H,2,4,7,9-14H2,1,3,5-6H3/t17-,18-,19-/m0/s1. The van der Waals surface area contributed by atoms with E-state index in [4.69, 9.17) is 9.47 Å². The van der Waals surface area contributed by atoms with Gasteiger partial charge in [-0.1, -0.05) is 20.1 Å². The van der Waals surface area contributed by atoms with Crippen LogP contribution in [0.5, 0.6) is 0 Å². The zero-order valence-corrected chi connectivity index (χ0v) is 16.3. The van der Waals surface area contributed by atoms with E-state index in [1.54, 1.807) is 0 Å². The molecule has 0 spiro atoms. The normalized spacial score (nSPS) is 21.7. The highest BCUT2D eigenvalue weighted by atomic mass is 16.5. The highest BCUT2D eigenvalue weighted by molar-refractivity contribution is 5.75. The number of hydrogen-bond donors (Lipinski definition) is 1. The molecule has 0 saturated carbocycles. The van der Waals surface area contributed by atoms with Crippen molar-refractivity contribution in [2.45, 2.75) is 84.5 Å². The minimum Gasteiger partial charge on any atom is -0.465 e. The van der Waals surface area contributed by atoms with Crippen LogP contribution in [0.15, 0.2) is 30.0 Å². The summed E-state index contributed by atoms with van der Waals surface area (Å²) >= 11 is 0. The van der Waals surface area contributed by atoms with Gasteiger partial charge in [0.15, 0.2) is 0 Å². The smallest absolute Gasteiger partial charge is 0.311 e. The van der Waals surface area contributed by atoms with Gasteiger partial charge in [0.05, 0.1) is 30.3 Å². The third kappa shape index (κ3) is 7.19. The summed E-state index contributed by atoms with van der Waals surface area (Å²) < 4.78 is 11.4. The van der Waals surface area contributed by atoms with Gasteiger partial charge >= 0.3 is 5.97 Å². The molecule has 1 saturated heterocycles. The fraction of sp³-hybridized carbons (Fsp3) is 0.714. The summed E-state index contributed by atoms with van der Waals surface area (Å²) in [4.78, 5) is 12.2. The van der Waals surface area contributed by atoms with Gasteiger partial charge in [-0.05, 0) is 64.0 Å². The SMILES string of the molecule is C=C=C(C)C[C@@H](O)CC[C@@H]1O[C@H](CC(C)(C)C(=O)OCCC)CC1=C. The Morgan fingerprint density at radius 2 is 2.20 bits per heavy atom. The third-order valence-corrected chi connectivity index (χ3v) is 4.64. The molecule has 1 aliphatic rings. The lowest BCUT2D eigenvalue weighted by Crippen LogP contribution is -2.31. The molecule has 0 amide bonds. The summed E-state index contributed by atoms with van der Waals surface area (Å²) in [7, 11) is 0. The van der Waals surface area contributed by atoms with Crippen LogP contribution in [0.25, 0.3) is 0 Å². The van der Waals surface area contributed by atoms with Gasteiger partial charge in [0.25, 0.3) is 0 Å². The van der Waals surface area contributed by atoms with Gasteiger partial charge in [-0.25, -0.2) is 0 Å². The largest absolute Gasteiger partial charge is 0.465 e. The van der Waals surface area contributed by atoms with Gasteiger partial charge in [-0.3, -0.25) is 4.79 Å². The maximum absolute atomic E-state index is 12.2. The lowest BCUT2D eigenvalue weighted by atomic mass is 9.85. The highest BCUT2D eigenvalue weighted by Crippen LogP contribution is 2.35. The van der Waals surface area contributed by atoms with Crippen molar-refractivity contribution in [2.75, 3.05) is 6.61 Å². The van der Waals surface area contributed by atoms with Crippen LogP contribution >= 0.6 is 0 Å². The molecule has 0 aromatic rings. The molecular weight excluding hydrogens is 316 g/mol. The Labute approximate surface area is 152 Å². The van der Waals surface area contributed by atoms with Crippen molar-refractivity contribution in [1.82, 2.24) is 0 Å². The van der Waals surface area contributed by atoms with Crippen molar-refractivity contribution in [3.05, 3.63) is 30.0 Å². The molecule has 0 aromatic carbocycles. The molecule has 0 aliphatic carbocycles. The van der Waals surface area contributed by atoms with E-state index in [9.17, 15) is 9.90 Å². The molecular formula is C21H34O4. The lowest BCUT2D eigenvalue weighted by molar-refractivity contribution is -0.156. The average molecular weight is 350 g/mol. The van der Waals surface area contributed by atoms with Crippen molar-refractivity contribution in [2.24, 2.45) is 5.41 Å². The molecule has 4 nitrogen and oxygen atoms in total. The minimum absolute atomic E-state index is 0.0198. The number of aliphatic hydroxyl groups excluding tert-OH is 1.